The van der Waals surface area contributed by atoms with Crippen molar-refractivity contribution in [3.63, 3.8) is 0 Å². The van der Waals surface area contributed by atoms with E-state index in [1.54, 1.807) is 36.4 Å². The van der Waals surface area contributed by atoms with Gasteiger partial charge in [-0.05, 0) is 17.5 Å². The smallest absolute Gasteiger partial charge is 0.280 e. The lowest BCUT2D eigenvalue weighted by Gasteiger charge is -2.42. The van der Waals surface area contributed by atoms with E-state index in [1.165, 1.54) is 6.92 Å². The van der Waals surface area contributed by atoms with E-state index >= 15 is 0 Å². The number of hydrogen-bond acceptors (Lipinski definition) is 9. The average Bonchev–Trinajstić information content (AvgIpc) is 2.82. The number of aliphatic hydroxyl groups excluding tert-OH is 3. The molecule has 4 rings (SSSR count). The van der Waals surface area contributed by atoms with Gasteiger partial charge in [-0.15, -0.1) is 11.8 Å². The van der Waals surface area contributed by atoms with E-state index in [4.69, 9.17) is 4.74 Å². The Hall–Kier alpha value is -3.03. The van der Waals surface area contributed by atoms with Crippen molar-refractivity contribution in [1.82, 2.24) is 15.8 Å². The number of benzene rings is 2. The van der Waals surface area contributed by atoms with Crippen LogP contribution in [0.5, 0.6) is 0 Å². The summed E-state index contributed by atoms with van der Waals surface area (Å²) in [4.78, 5) is 50.0. The number of aliphatic hydroxyl groups is 3. The van der Waals surface area contributed by atoms with Crippen LogP contribution < -0.4 is 10.7 Å². The Morgan fingerprint density at radius 3 is 2.24 bits per heavy atom. The molecule has 11 nitrogen and oxygen atoms in total. The predicted molar refractivity (Wildman–Crippen MR) is 120 cm³/mol. The summed E-state index contributed by atoms with van der Waals surface area (Å²) in [7, 11) is 0. The molecular formula is C22H23N3O8S. The van der Waals surface area contributed by atoms with Crippen LogP contribution >= 0.6 is 11.8 Å². The quantitative estimate of drug-likeness (QED) is 0.325. The van der Waals surface area contributed by atoms with Crippen molar-refractivity contribution < 1.29 is 39.2 Å². The van der Waals surface area contributed by atoms with Crippen LogP contribution in [0.1, 0.15) is 27.6 Å². The number of amides is 4. The van der Waals surface area contributed by atoms with Crippen LogP contribution in [0.25, 0.3) is 10.8 Å². The van der Waals surface area contributed by atoms with Crippen molar-refractivity contribution in [3.05, 3.63) is 47.5 Å². The van der Waals surface area contributed by atoms with Crippen LogP contribution in [0.2, 0.25) is 0 Å². The van der Waals surface area contributed by atoms with Gasteiger partial charge in [-0.25, -0.2) is 0 Å². The molecule has 34 heavy (non-hydrogen) atoms. The summed E-state index contributed by atoms with van der Waals surface area (Å²) in [6, 6.07) is 9.03. The second-order valence-corrected chi connectivity index (χ2v) is 9.02. The number of hydrogen-bond donors (Lipinski definition) is 5. The zero-order chi connectivity index (χ0) is 24.6. The van der Waals surface area contributed by atoms with Gasteiger partial charge < -0.3 is 25.4 Å². The minimum atomic E-state index is -1.45. The lowest BCUT2D eigenvalue weighted by Crippen LogP contribution is -2.63. The van der Waals surface area contributed by atoms with Gasteiger partial charge in [-0.2, -0.15) is 5.01 Å². The summed E-state index contributed by atoms with van der Waals surface area (Å²) in [6.45, 7) is 0.633. The number of carbonyl (C=O) groups is 4. The Labute approximate surface area is 198 Å². The second-order valence-electron chi connectivity index (χ2n) is 7.93. The number of nitrogens with zero attached hydrogens (tertiary/aromatic N) is 1. The van der Waals surface area contributed by atoms with Crippen LogP contribution in [0.15, 0.2) is 36.4 Å². The van der Waals surface area contributed by atoms with Gasteiger partial charge in [0.15, 0.2) is 0 Å². The molecule has 0 unspecified atom stereocenters. The number of nitrogens with one attached hydrogen (secondary N) is 2. The Kier molecular flexibility index (Phi) is 6.86. The molecule has 12 heteroatoms. The Morgan fingerprint density at radius 2 is 1.68 bits per heavy atom. The van der Waals surface area contributed by atoms with E-state index in [-0.39, 0.29) is 16.9 Å². The fourth-order valence-corrected chi connectivity index (χ4v) is 5.10. The number of carbonyl (C=O) groups excluding carboxylic acids is 4. The first-order valence-electron chi connectivity index (χ1n) is 10.4. The molecule has 0 bridgehead atoms. The number of imide groups is 1. The van der Waals surface area contributed by atoms with Crippen molar-refractivity contribution in [2.45, 2.75) is 36.7 Å². The molecular weight excluding hydrogens is 466 g/mol. The van der Waals surface area contributed by atoms with Crippen molar-refractivity contribution in [2.24, 2.45) is 0 Å². The van der Waals surface area contributed by atoms with E-state index in [0.717, 1.165) is 17.1 Å². The molecule has 0 spiro atoms. The molecule has 0 aromatic heterocycles. The standard InChI is InChI=1S/C22H23N3O8S/c1-10(27)23-17-19(30)18(29)14(8-26)33-22(17)34-9-15(28)24-25-20(31)12-6-2-4-11-5-3-7-13(16(11)12)21(25)32/h2-7,14,17-19,22,26,29-30H,8-9H2,1H3,(H,23,27)(H,24,28)/t14-,17-,18-,19-,22+/m1/s1. The van der Waals surface area contributed by atoms with E-state index in [2.05, 4.69) is 10.7 Å². The van der Waals surface area contributed by atoms with E-state index in [0.29, 0.717) is 10.4 Å². The normalized spacial score (nSPS) is 26.5. The third-order valence-corrected chi connectivity index (χ3v) is 6.80. The number of rotatable bonds is 6. The minimum Gasteiger partial charge on any atom is -0.394 e. The molecule has 5 atom stereocenters. The zero-order valence-corrected chi connectivity index (χ0v) is 18.8. The van der Waals surface area contributed by atoms with Crippen LogP contribution in [0, 0.1) is 0 Å². The Morgan fingerprint density at radius 1 is 1.06 bits per heavy atom. The number of ether oxygens (including phenoxy) is 1. The van der Waals surface area contributed by atoms with Gasteiger partial charge in [0, 0.05) is 12.3 Å². The highest BCUT2D eigenvalue weighted by atomic mass is 32.2. The second kappa shape index (κ2) is 9.68. The summed E-state index contributed by atoms with van der Waals surface area (Å²) in [5.74, 6) is -2.85. The molecule has 4 amide bonds. The molecule has 0 aliphatic carbocycles. The van der Waals surface area contributed by atoms with E-state index in [9.17, 15) is 34.5 Å². The lowest BCUT2D eigenvalue weighted by molar-refractivity contribution is -0.173. The van der Waals surface area contributed by atoms with Crippen LogP contribution in [-0.4, -0.2) is 86.1 Å². The van der Waals surface area contributed by atoms with E-state index in [1.807, 2.05) is 0 Å². The molecule has 1 saturated heterocycles. The Balaban J connectivity index is 1.46. The van der Waals surface area contributed by atoms with Gasteiger partial charge >= 0.3 is 0 Å². The fraction of sp³-hybridized carbons (Fsp3) is 0.364. The lowest BCUT2D eigenvalue weighted by atomic mass is 9.95. The third-order valence-electron chi connectivity index (χ3n) is 5.64. The Bertz CT molecular complexity index is 1110. The molecule has 2 aliphatic rings. The SMILES string of the molecule is CC(=O)N[C@@H]1[C@@H](O)[C@H](O)[C@@H](CO)O[C@H]1SCC(=O)NN1C(=O)c2cccc3cccc(c23)C1=O. The monoisotopic (exact) mass is 489 g/mol. The summed E-state index contributed by atoms with van der Waals surface area (Å²) < 4.78 is 5.56. The zero-order valence-electron chi connectivity index (χ0n) is 18.0. The molecule has 2 aliphatic heterocycles. The van der Waals surface area contributed by atoms with Crippen LogP contribution in [-0.2, 0) is 14.3 Å². The first-order chi connectivity index (χ1) is 16.2. The highest BCUT2D eigenvalue weighted by Gasteiger charge is 2.45. The van der Waals surface area contributed by atoms with Crippen molar-refractivity contribution in [1.29, 1.82) is 0 Å². The van der Waals surface area contributed by atoms with Gasteiger partial charge in [0.25, 0.3) is 11.8 Å². The first-order valence-corrected chi connectivity index (χ1v) is 11.5. The third kappa shape index (κ3) is 4.38. The maximum absolute atomic E-state index is 12.9. The molecule has 2 heterocycles. The molecule has 0 radical (unpaired) electrons. The van der Waals surface area contributed by atoms with Gasteiger partial charge in [-0.3, -0.25) is 24.6 Å². The van der Waals surface area contributed by atoms with Gasteiger partial charge in [0.1, 0.15) is 23.7 Å². The molecule has 180 valence electrons. The molecule has 0 saturated carbocycles. The van der Waals surface area contributed by atoms with Gasteiger partial charge in [0.2, 0.25) is 11.8 Å². The topological polar surface area (TPSA) is 166 Å². The van der Waals surface area contributed by atoms with E-state index < -0.39 is 60.0 Å². The summed E-state index contributed by atoms with van der Waals surface area (Å²) in [6.07, 6.45) is -4.01. The maximum atomic E-state index is 12.9. The van der Waals surface area contributed by atoms with Crippen LogP contribution in [0.4, 0.5) is 0 Å². The molecule has 5 N–H and O–H groups in total. The molecule has 2 aromatic carbocycles. The predicted octanol–water partition coefficient (Wildman–Crippen LogP) is -0.856. The van der Waals surface area contributed by atoms with Gasteiger partial charge in [0.05, 0.1) is 29.5 Å². The molecule has 1 fully saturated rings. The number of hydrazine groups is 1. The summed E-state index contributed by atoms with van der Waals surface area (Å²) in [5, 5.41) is 34.2. The maximum Gasteiger partial charge on any atom is 0.280 e. The summed E-state index contributed by atoms with van der Waals surface area (Å²) in [5.41, 5.74) is 1.88. The van der Waals surface area contributed by atoms with Crippen molar-refractivity contribution in [2.75, 3.05) is 12.4 Å². The molecule has 2 aromatic rings. The first kappa shape index (κ1) is 24.1. The summed E-state index contributed by atoms with van der Waals surface area (Å²) >= 11 is 0.871. The highest BCUT2D eigenvalue weighted by Crippen LogP contribution is 2.30. The van der Waals surface area contributed by atoms with Crippen molar-refractivity contribution >= 4 is 46.2 Å². The van der Waals surface area contributed by atoms with Crippen molar-refractivity contribution in [3.8, 4) is 0 Å². The fourth-order valence-electron chi connectivity index (χ4n) is 4.06. The number of thioether (sulfide) groups is 1. The average molecular weight is 490 g/mol. The highest BCUT2D eigenvalue weighted by molar-refractivity contribution is 8.00. The minimum absolute atomic E-state index is 0.282. The largest absolute Gasteiger partial charge is 0.394 e. The van der Waals surface area contributed by atoms with Crippen LogP contribution in [0.3, 0.4) is 0 Å². The van der Waals surface area contributed by atoms with Gasteiger partial charge in [-0.1, -0.05) is 24.3 Å².